The monoisotopic (exact) mass is 267 g/mol. The Morgan fingerprint density at radius 3 is 2.74 bits per heavy atom. The summed E-state index contributed by atoms with van der Waals surface area (Å²) >= 11 is 0. The van der Waals surface area contributed by atoms with Crippen molar-refractivity contribution < 1.29 is 4.52 Å². The summed E-state index contributed by atoms with van der Waals surface area (Å²) < 4.78 is 5.33. The second-order valence-corrected chi connectivity index (χ2v) is 6.41. The molecule has 1 aliphatic heterocycles. The van der Waals surface area contributed by atoms with Crippen molar-refractivity contribution in [1.82, 2.24) is 25.3 Å². The first-order valence-corrected chi connectivity index (χ1v) is 6.81. The van der Waals surface area contributed by atoms with Crippen molar-refractivity contribution in [2.24, 2.45) is 0 Å². The Labute approximate surface area is 115 Å². The molecule has 1 N–H and O–H groups in total. The molecule has 1 saturated heterocycles. The normalized spacial score (nSPS) is 22.9. The average Bonchev–Trinajstić information content (AvgIpc) is 2.77. The number of likely N-dealkylation sites (N-methyl/N-ethyl adjacent to an activating group) is 2. The van der Waals surface area contributed by atoms with E-state index >= 15 is 0 Å². The summed E-state index contributed by atoms with van der Waals surface area (Å²) in [6, 6.07) is 0.228. The molecule has 1 unspecified atom stereocenters. The van der Waals surface area contributed by atoms with Crippen LogP contribution in [0.25, 0.3) is 0 Å². The number of nitrogens with one attached hydrogen (secondary N) is 1. The molecule has 2 rings (SSSR count). The lowest BCUT2D eigenvalue weighted by molar-refractivity contribution is 0.108. The van der Waals surface area contributed by atoms with Gasteiger partial charge in [-0.15, -0.1) is 0 Å². The molecule has 1 fully saturated rings. The molecule has 0 radical (unpaired) electrons. The molecule has 108 valence electrons. The van der Waals surface area contributed by atoms with Gasteiger partial charge < -0.3 is 14.7 Å². The molecule has 0 aromatic carbocycles. The maximum Gasteiger partial charge on any atom is 0.240 e. The highest BCUT2D eigenvalue weighted by molar-refractivity contribution is 4.98. The molecule has 0 aliphatic carbocycles. The number of hydrogen-bond donors (Lipinski definition) is 1. The van der Waals surface area contributed by atoms with Crippen molar-refractivity contribution in [3.05, 3.63) is 11.7 Å². The van der Waals surface area contributed by atoms with Gasteiger partial charge in [-0.2, -0.15) is 4.98 Å². The summed E-state index contributed by atoms with van der Waals surface area (Å²) in [7, 11) is 4.24. The molecule has 1 atom stereocenters. The summed E-state index contributed by atoms with van der Waals surface area (Å²) in [6.07, 6.45) is 0. The van der Waals surface area contributed by atoms with Crippen LogP contribution in [-0.4, -0.2) is 59.2 Å². The minimum atomic E-state index is 0.0521. The minimum absolute atomic E-state index is 0.0521. The van der Waals surface area contributed by atoms with Gasteiger partial charge in [0.1, 0.15) is 0 Å². The number of piperazine rings is 1. The van der Waals surface area contributed by atoms with Gasteiger partial charge in [-0.3, -0.25) is 4.90 Å². The quantitative estimate of drug-likeness (QED) is 0.877. The molecule has 2 heterocycles. The van der Waals surface area contributed by atoms with Gasteiger partial charge in [0.15, 0.2) is 5.82 Å². The van der Waals surface area contributed by atoms with Gasteiger partial charge in [0.2, 0.25) is 5.89 Å². The number of rotatable bonds is 3. The lowest BCUT2D eigenvalue weighted by Crippen LogP contribution is -2.45. The Morgan fingerprint density at radius 1 is 1.32 bits per heavy atom. The molecule has 0 bridgehead atoms. The fourth-order valence-corrected chi connectivity index (χ4v) is 2.10. The maximum atomic E-state index is 5.33. The van der Waals surface area contributed by atoms with Crippen LogP contribution in [0.3, 0.4) is 0 Å². The molecule has 1 aromatic rings. The van der Waals surface area contributed by atoms with E-state index in [2.05, 4.69) is 60.1 Å². The Morgan fingerprint density at radius 2 is 2.05 bits per heavy atom. The smallest absolute Gasteiger partial charge is 0.240 e. The zero-order valence-electron chi connectivity index (χ0n) is 12.6. The van der Waals surface area contributed by atoms with E-state index in [1.807, 2.05) is 0 Å². The van der Waals surface area contributed by atoms with Gasteiger partial charge in [-0.1, -0.05) is 5.16 Å². The number of aromatic nitrogens is 2. The molecule has 0 saturated carbocycles. The van der Waals surface area contributed by atoms with Crippen molar-refractivity contribution in [3.8, 4) is 0 Å². The van der Waals surface area contributed by atoms with Crippen molar-refractivity contribution in [2.75, 3.05) is 33.7 Å². The van der Waals surface area contributed by atoms with Gasteiger partial charge in [0.25, 0.3) is 0 Å². The van der Waals surface area contributed by atoms with Gasteiger partial charge in [0, 0.05) is 25.2 Å². The zero-order valence-corrected chi connectivity index (χ0v) is 12.6. The molecule has 6 heteroatoms. The third-order valence-electron chi connectivity index (χ3n) is 3.40. The van der Waals surface area contributed by atoms with E-state index in [9.17, 15) is 0 Å². The maximum absolute atomic E-state index is 5.33. The third-order valence-corrected chi connectivity index (χ3v) is 3.40. The third kappa shape index (κ3) is 3.99. The van der Waals surface area contributed by atoms with E-state index in [4.69, 9.17) is 4.52 Å². The standard InChI is InChI=1S/C13H25N5O/c1-13(2,3)14-8-11-15-12(16-19-11)10-9-17(4)6-7-18(10)5/h10,14H,6-9H2,1-5H3. The molecule has 1 aliphatic rings. The SMILES string of the molecule is CN1CCN(C)C(c2noc(CNC(C)(C)C)n2)C1. The summed E-state index contributed by atoms with van der Waals surface area (Å²) in [5.41, 5.74) is 0.0521. The van der Waals surface area contributed by atoms with E-state index in [-0.39, 0.29) is 11.6 Å². The van der Waals surface area contributed by atoms with E-state index in [1.165, 1.54) is 0 Å². The molecule has 0 amide bonds. The van der Waals surface area contributed by atoms with Crippen LogP contribution in [0.4, 0.5) is 0 Å². The molecular formula is C13H25N5O. The van der Waals surface area contributed by atoms with Crippen molar-refractivity contribution in [3.63, 3.8) is 0 Å². The first-order chi connectivity index (χ1) is 8.85. The number of hydrogen-bond acceptors (Lipinski definition) is 6. The second-order valence-electron chi connectivity index (χ2n) is 6.41. The number of nitrogens with zero attached hydrogens (tertiary/aromatic N) is 4. The molecular weight excluding hydrogens is 242 g/mol. The lowest BCUT2D eigenvalue weighted by Gasteiger charge is -2.35. The highest BCUT2D eigenvalue weighted by Crippen LogP contribution is 2.20. The van der Waals surface area contributed by atoms with Crippen LogP contribution in [0.5, 0.6) is 0 Å². The van der Waals surface area contributed by atoms with Crippen LogP contribution >= 0.6 is 0 Å². The van der Waals surface area contributed by atoms with Gasteiger partial charge in [0.05, 0.1) is 12.6 Å². The van der Waals surface area contributed by atoms with E-state index in [1.54, 1.807) is 0 Å². The van der Waals surface area contributed by atoms with Gasteiger partial charge in [-0.05, 0) is 34.9 Å². The van der Waals surface area contributed by atoms with E-state index in [0.717, 1.165) is 25.5 Å². The van der Waals surface area contributed by atoms with Gasteiger partial charge >= 0.3 is 0 Å². The second kappa shape index (κ2) is 5.56. The summed E-state index contributed by atoms with van der Waals surface area (Å²) in [4.78, 5) is 9.10. The Balaban J connectivity index is 1.99. The van der Waals surface area contributed by atoms with Gasteiger partial charge in [-0.25, -0.2) is 0 Å². The summed E-state index contributed by atoms with van der Waals surface area (Å²) in [5.74, 6) is 1.45. The first-order valence-electron chi connectivity index (χ1n) is 6.81. The van der Waals surface area contributed by atoms with Crippen LogP contribution < -0.4 is 5.32 Å². The fraction of sp³-hybridized carbons (Fsp3) is 0.846. The Bertz CT molecular complexity index is 411. The van der Waals surface area contributed by atoms with Crippen LogP contribution in [0.2, 0.25) is 0 Å². The highest BCUT2D eigenvalue weighted by atomic mass is 16.5. The van der Waals surface area contributed by atoms with Crippen LogP contribution in [0.15, 0.2) is 4.52 Å². The zero-order chi connectivity index (χ0) is 14.0. The Kier molecular flexibility index (Phi) is 4.23. The first kappa shape index (κ1) is 14.4. The van der Waals surface area contributed by atoms with Crippen LogP contribution in [0.1, 0.15) is 38.5 Å². The van der Waals surface area contributed by atoms with E-state index < -0.39 is 0 Å². The average molecular weight is 267 g/mol. The molecule has 6 nitrogen and oxygen atoms in total. The van der Waals surface area contributed by atoms with Crippen LogP contribution in [0, 0.1) is 0 Å². The highest BCUT2D eigenvalue weighted by Gasteiger charge is 2.27. The molecule has 0 spiro atoms. The van der Waals surface area contributed by atoms with Crippen LogP contribution in [-0.2, 0) is 6.54 Å². The lowest BCUT2D eigenvalue weighted by atomic mass is 10.1. The largest absolute Gasteiger partial charge is 0.338 e. The molecule has 1 aromatic heterocycles. The summed E-state index contributed by atoms with van der Waals surface area (Å²) in [5, 5.41) is 7.49. The Hall–Kier alpha value is -0.980. The van der Waals surface area contributed by atoms with E-state index in [0.29, 0.717) is 12.4 Å². The fourth-order valence-electron chi connectivity index (χ4n) is 2.10. The van der Waals surface area contributed by atoms with Crippen molar-refractivity contribution >= 4 is 0 Å². The predicted molar refractivity (Wildman–Crippen MR) is 73.8 cm³/mol. The van der Waals surface area contributed by atoms with Crippen molar-refractivity contribution in [2.45, 2.75) is 38.9 Å². The summed E-state index contributed by atoms with van der Waals surface area (Å²) in [6.45, 7) is 10.0. The molecule has 19 heavy (non-hydrogen) atoms. The van der Waals surface area contributed by atoms with Crippen molar-refractivity contribution in [1.29, 1.82) is 0 Å². The minimum Gasteiger partial charge on any atom is -0.338 e. The topological polar surface area (TPSA) is 57.4 Å². The predicted octanol–water partition coefficient (Wildman–Crippen LogP) is 0.876.